The largest absolute Gasteiger partial charge is 0.459 e. The summed E-state index contributed by atoms with van der Waals surface area (Å²) in [5.74, 6) is -0.861. The van der Waals surface area contributed by atoms with Crippen LogP contribution >= 0.6 is 0 Å². The van der Waals surface area contributed by atoms with Gasteiger partial charge in [-0.2, -0.15) is 4.31 Å². The van der Waals surface area contributed by atoms with Crippen LogP contribution in [0.15, 0.2) is 150 Å². The molecule has 6 rings (SSSR count). The molecule has 0 saturated carbocycles. The van der Waals surface area contributed by atoms with Crippen LogP contribution in [0.4, 0.5) is 5.69 Å². The number of ether oxygens (including phenoxy) is 6. The van der Waals surface area contributed by atoms with Gasteiger partial charge in [0.2, 0.25) is 0 Å². The number of nitro benzene ring substituents is 1. The highest BCUT2D eigenvalue weighted by atomic mass is 32.2. The van der Waals surface area contributed by atoms with E-state index in [-0.39, 0.29) is 26.2 Å². The van der Waals surface area contributed by atoms with Crippen molar-refractivity contribution in [1.82, 2.24) is 4.31 Å². The number of sulfonamides is 1. The summed E-state index contributed by atoms with van der Waals surface area (Å²) >= 11 is 0. The summed E-state index contributed by atoms with van der Waals surface area (Å²) in [6, 6.07) is 40.9. The van der Waals surface area contributed by atoms with E-state index in [4.69, 9.17) is 28.4 Å². The molecule has 1 saturated heterocycles. The molecule has 1 heterocycles. The first-order valence-electron chi connectivity index (χ1n) is 20.0. The van der Waals surface area contributed by atoms with Crippen LogP contribution in [-0.2, 0) is 69.5 Å². The maximum atomic E-state index is 15.2. The SMILES string of the molecule is CO[C@H]1O[C@H](CN([C@@H](Cc2ccccc2)C(=O)OC(C)(C)C)S(=O)(=O)c2ccccc2[N+](=O)[O-])[C@H](OCc2ccccc2)[C@H](OCc2ccccc2)[C@H]1OCc1ccccc1. The van der Waals surface area contributed by atoms with Crippen LogP contribution in [0, 0.1) is 10.1 Å². The molecular weight excluding hydrogens is 801 g/mol. The normalized spacial score (nSPS) is 19.9. The van der Waals surface area contributed by atoms with E-state index in [1.165, 1.54) is 19.2 Å². The summed E-state index contributed by atoms with van der Waals surface area (Å²) in [4.78, 5) is 25.5. The summed E-state index contributed by atoms with van der Waals surface area (Å²) < 4.78 is 70.0. The topological polar surface area (TPSA) is 153 Å². The molecule has 0 aromatic heterocycles. The zero-order valence-corrected chi connectivity index (χ0v) is 35.5. The number of nitrogens with zero attached hydrogens (tertiary/aromatic N) is 2. The van der Waals surface area contributed by atoms with E-state index >= 15 is 8.42 Å². The Hall–Kier alpha value is -5.32. The van der Waals surface area contributed by atoms with Gasteiger partial charge in [-0.3, -0.25) is 14.9 Å². The lowest BCUT2D eigenvalue weighted by atomic mass is 9.96. The lowest BCUT2D eigenvalue weighted by molar-refractivity contribution is -0.387. The lowest BCUT2D eigenvalue weighted by Crippen LogP contribution is -2.64. The van der Waals surface area contributed by atoms with Crippen molar-refractivity contribution in [3.63, 3.8) is 0 Å². The number of esters is 1. The van der Waals surface area contributed by atoms with Gasteiger partial charge < -0.3 is 28.4 Å². The van der Waals surface area contributed by atoms with Crippen LogP contribution in [0.3, 0.4) is 0 Å². The third-order valence-electron chi connectivity index (χ3n) is 9.99. The zero-order valence-electron chi connectivity index (χ0n) is 34.6. The third-order valence-corrected chi connectivity index (χ3v) is 11.9. The zero-order chi connectivity index (χ0) is 43.4. The molecular formula is C47H52N2O11S. The molecule has 6 atom stereocenters. The van der Waals surface area contributed by atoms with E-state index in [0.717, 1.165) is 33.1 Å². The number of rotatable bonds is 19. The van der Waals surface area contributed by atoms with E-state index in [9.17, 15) is 14.9 Å². The Kier molecular flexibility index (Phi) is 15.5. The van der Waals surface area contributed by atoms with Crippen LogP contribution in [0.5, 0.6) is 0 Å². The van der Waals surface area contributed by atoms with Crippen LogP contribution < -0.4 is 0 Å². The number of hydrogen-bond donors (Lipinski definition) is 0. The Balaban J connectivity index is 1.49. The van der Waals surface area contributed by atoms with Crippen molar-refractivity contribution in [2.75, 3.05) is 13.7 Å². The first-order chi connectivity index (χ1) is 29.3. The number of benzene rings is 5. The Labute approximate surface area is 357 Å². The van der Waals surface area contributed by atoms with Crippen molar-refractivity contribution in [2.24, 2.45) is 0 Å². The number of methoxy groups -OCH3 is 1. The fourth-order valence-corrected chi connectivity index (χ4v) is 8.86. The first-order valence-corrected chi connectivity index (χ1v) is 21.4. The summed E-state index contributed by atoms with van der Waals surface area (Å²) in [5.41, 5.74) is 1.49. The minimum absolute atomic E-state index is 0.0655. The van der Waals surface area contributed by atoms with Crippen molar-refractivity contribution < 1.29 is 46.6 Å². The van der Waals surface area contributed by atoms with Gasteiger partial charge in [-0.1, -0.05) is 133 Å². The average Bonchev–Trinajstić information content (AvgIpc) is 3.26. The standard InChI is InChI=1S/C47H52N2O11S/c1-47(2,3)60-45(50)39(29-34-19-9-5-10-20-34)48(61(53,54)41-28-18-17-27-38(41)49(51)52)30-40-42(56-31-35-21-11-6-12-22-35)43(57-32-36-23-13-7-14-24-36)44(46(55-4)59-40)58-33-37-25-15-8-16-26-37/h5-28,39-40,42-44,46H,29-33H2,1-4H3/t39-,40+,42-,43-,44+,46-/m0/s1. The minimum Gasteiger partial charge on any atom is -0.459 e. The molecule has 1 aliphatic heterocycles. The Morgan fingerprint density at radius 3 is 1.61 bits per heavy atom. The highest BCUT2D eigenvalue weighted by Crippen LogP contribution is 2.35. The van der Waals surface area contributed by atoms with Gasteiger partial charge >= 0.3 is 5.97 Å². The Morgan fingerprint density at radius 2 is 1.13 bits per heavy atom. The molecule has 0 radical (unpaired) electrons. The molecule has 0 spiro atoms. The van der Waals surface area contributed by atoms with Crippen molar-refractivity contribution in [3.8, 4) is 0 Å². The van der Waals surface area contributed by atoms with Gasteiger partial charge in [-0.05, 0) is 55.5 Å². The van der Waals surface area contributed by atoms with E-state index < -0.39 is 80.4 Å². The number of hydrogen-bond acceptors (Lipinski definition) is 11. The van der Waals surface area contributed by atoms with Crippen molar-refractivity contribution >= 4 is 21.7 Å². The number of carbonyl (C=O) groups excluding carboxylic acids is 1. The molecule has 1 aliphatic rings. The van der Waals surface area contributed by atoms with Crippen LogP contribution in [0.1, 0.15) is 43.0 Å². The van der Waals surface area contributed by atoms with Gasteiger partial charge in [0.25, 0.3) is 15.7 Å². The monoisotopic (exact) mass is 852 g/mol. The fraction of sp³-hybridized carbons (Fsp3) is 0.340. The molecule has 13 nitrogen and oxygen atoms in total. The van der Waals surface area contributed by atoms with Crippen molar-refractivity contribution in [1.29, 1.82) is 0 Å². The number of nitro groups is 1. The smallest absolute Gasteiger partial charge is 0.325 e. The Bertz CT molecular complexity index is 2260. The summed E-state index contributed by atoms with van der Waals surface area (Å²) in [5, 5.41) is 12.4. The average molecular weight is 853 g/mol. The molecule has 1 fully saturated rings. The van der Waals surface area contributed by atoms with E-state index in [1.807, 2.05) is 91.0 Å². The maximum absolute atomic E-state index is 15.2. The van der Waals surface area contributed by atoms with Gasteiger partial charge in [-0.25, -0.2) is 8.42 Å². The molecule has 61 heavy (non-hydrogen) atoms. The summed E-state index contributed by atoms with van der Waals surface area (Å²) in [6.07, 6.45) is -5.38. The molecule has 0 N–H and O–H groups in total. The first kappa shape index (κ1) is 45.2. The summed E-state index contributed by atoms with van der Waals surface area (Å²) in [7, 11) is -3.46. The molecule has 0 unspecified atom stereocenters. The minimum atomic E-state index is -4.90. The number of para-hydroxylation sites is 1. The maximum Gasteiger partial charge on any atom is 0.325 e. The molecule has 5 aromatic rings. The second kappa shape index (κ2) is 21.0. The second-order valence-corrected chi connectivity index (χ2v) is 17.5. The Morgan fingerprint density at radius 1 is 0.689 bits per heavy atom. The number of carbonyl (C=O) groups is 1. The van der Waals surface area contributed by atoms with E-state index in [1.54, 1.807) is 51.1 Å². The van der Waals surface area contributed by atoms with E-state index in [2.05, 4.69) is 0 Å². The van der Waals surface area contributed by atoms with Crippen LogP contribution in [0.25, 0.3) is 0 Å². The quantitative estimate of drug-likeness (QED) is 0.0457. The second-order valence-electron chi connectivity index (χ2n) is 15.6. The third kappa shape index (κ3) is 12.2. The van der Waals surface area contributed by atoms with Gasteiger partial charge in [-0.15, -0.1) is 0 Å². The van der Waals surface area contributed by atoms with E-state index in [0.29, 0.717) is 5.56 Å². The van der Waals surface area contributed by atoms with Crippen LogP contribution in [0.2, 0.25) is 0 Å². The lowest BCUT2D eigenvalue weighted by Gasteiger charge is -2.47. The fourth-order valence-electron chi connectivity index (χ4n) is 7.11. The molecule has 0 bridgehead atoms. The van der Waals surface area contributed by atoms with Gasteiger partial charge in [0, 0.05) is 19.7 Å². The van der Waals surface area contributed by atoms with Gasteiger partial charge in [0.15, 0.2) is 11.2 Å². The van der Waals surface area contributed by atoms with Crippen LogP contribution in [-0.4, -0.2) is 79.6 Å². The van der Waals surface area contributed by atoms with Crippen molar-refractivity contribution in [2.45, 2.75) is 94.3 Å². The molecule has 0 amide bonds. The summed E-state index contributed by atoms with van der Waals surface area (Å²) in [6.45, 7) is 4.84. The predicted octanol–water partition coefficient (Wildman–Crippen LogP) is 7.67. The van der Waals surface area contributed by atoms with Gasteiger partial charge in [0.1, 0.15) is 36.1 Å². The van der Waals surface area contributed by atoms with Gasteiger partial charge in [0.05, 0.1) is 24.7 Å². The molecule has 0 aliphatic carbocycles. The van der Waals surface area contributed by atoms with Crippen molar-refractivity contribution in [3.05, 3.63) is 178 Å². The highest BCUT2D eigenvalue weighted by molar-refractivity contribution is 7.89. The predicted molar refractivity (Wildman–Crippen MR) is 227 cm³/mol. The molecule has 5 aromatic carbocycles. The molecule has 14 heteroatoms. The highest BCUT2D eigenvalue weighted by Gasteiger charge is 2.52. The molecule has 322 valence electrons.